The zero-order valence-corrected chi connectivity index (χ0v) is 20.3. The Morgan fingerprint density at radius 1 is 1.00 bits per heavy atom. The molecule has 10 heteroatoms. The zero-order valence-electron chi connectivity index (χ0n) is 19.5. The molecular formula is C23H30N4O5S. The van der Waals surface area contributed by atoms with E-state index < -0.39 is 22.5 Å². The van der Waals surface area contributed by atoms with Gasteiger partial charge in [0.15, 0.2) is 0 Å². The van der Waals surface area contributed by atoms with E-state index in [4.69, 9.17) is 0 Å². The van der Waals surface area contributed by atoms with Crippen LogP contribution >= 0.6 is 0 Å². The molecule has 0 aromatic heterocycles. The SMILES string of the molecule is CCC(C)NC(=O)c1ccccc1NC(=O)CN(c1ccc(C(=O)N(C)C)cc1)S(C)(=O)=O. The molecule has 0 spiro atoms. The molecule has 0 radical (unpaired) electrons. The Morgan fingerprint density at radius 3 is 2.15 bits per heavy atom. The van der Waals surface area contributed by atoms with Crippen LogP contribution in [0.15, 0.2) is 48.5 Å². The lowest BCUT2D eigenvalue weighted by molar-refractivity contribution is -0.114. The van der Waals surface area contributed by atoms with E-state index in [9.17, 15) is 22.8 Å². The smallest absolute Gasteiger partial charge is 0.253 e. The Hall–Kier alpha value is -3.40. The first-order valence-corrected chi connectivity index (χ1v) is 12.3. The van der Waals surface area contributed by atoms with Crippen LogP contribution in [0.2, 0.25) is 0 Å². The number of carbonyl (C=O) groups is 3. The molecule has 0 aliphatic rings. The van der Waals surface area contributed by atoms with Crippen LogP contribution in [0, 0.1) is 0 Å². The lowest BCUT2D eigenvalue weighted by atomic mass is 10.1. The molecule has 0 heterocycles. The van der Waals surface area contributed by atoms with Crippen molar-refractivity contribution in [3.63, 3.8) is 0 Å². The standard InChI is InChI=1S/C23H30N4O5S/c1-6-16(2)24-22(29)19-9-7-8-10-20(19)25-21(28)15-27(33(5,31)32)18-13-11-17(12-14-18)23(30)26(3)4/h7-14,16H,6,15H2,1-5H3,(H,24,29)(H,25,28). The van der Waals surface area contributed by atoms with E-state index in [1.807, 2.05) is 13.8 Å². The van der Waals surface area contributed by atoms with E-state index in [2.05, 4.69) is 10.6 Å². The van der Waals surface area contributed by atoms with Crippen LogP contribution in [0.5, 0.6) is 0 Å². The molecule has 0 aliphatic carbocycles. The Balaban J connectivity index is 2.23. The first kappa shape index (κ1) is 25.9. The summed E-state index contributed by atoms with van der Waals surface area (Å²) in [7, 11) is -0.572. The fourth-order valence-corrected chi connectivity index (χ4v) is 3.80. The quantitative estimate of drug-likeness (QED) is 0.579. The van der Waals surface area contributed by atoms with Gasteiger partial charge in [-0.05, 0) is 49.7 Å². The van der Waals surface area contributed by atoms with Crippen LogP contribution in [0.4, 0.5) is 11.4 Å². The number of sulfonamides is 1. The molecule has 0 aliphatic heterocycles. The molecule has 0 fully saturated rings. The second-order valence-corrected chi connectivity index (χ2v) is 9.80. The van der Waals surface area contributed by atoms with Crippen molar-refractivity contribution in [2.24, 2.45) is 0 Å². The van der Waals surface area contributed by atoms with E-state index in [1.165, 1.54) is 29.2 Å². The lowest BCUT2D eigenvalue weighted by Crippen LogP contribution is -2.38. The topological polar surface area (TPSA) is 116 Å². The molecule has 0 saturated carbocycles. The largest absolute Gasteiger partial charge is 0.350 e. The second-order valence-electron chi connectivity index (χ2n) is 7.89. The Morgan fingerprint density at radius 2 is 1.61 bits per heavy atom. The third kappa shape index (κ3) is 7.04. The molecule has 0 bridgehead atoms. The maximum Gasteiger partial charge on any atom is 0.253 e. The number of hydrogen-bond donors (Lipinski definition) is 2. The van der Waals surface area contributed by atoms with Crippen molar-refractivity contribution in [3.8, 4) is 0 Å². The number of amides is 3. The minimum atomic E-state index is -3.80. The van der Waals surface area contributed by atoms with Crippen molar-refractivity contribution in [2.75, 3.05) is 36.5 Å². The van der Waals surface area contributed by atoms with Gasteiger partial charge in [0.25, 0.3) is 11.8 Å². The summed E-state index contributed by atoms with van der Waals surface area (Å²) >= 11 is 0. The predicted molar refractivity (Wildman–Crippen MR) is 129 cm³/mol. The van der Waals surface area contributed by atoms with Gasteiger partial charge in [-0.25, -0.2) is 8.42 Å². The Bertz CT molecular complexity index is 1110. The maximum atomic E-state index is 12.8. The van der Waals surface area contributed by atoms with Crippen molar-refractivity contribution in [3.05, 3.63) is 59.7 Å². The summed E-state index contributed by atoms with van der Waals surface area (Å²) in [5, 5.41) is 5.48. The molecule has 2 aromatic carbocycles. The second kappa shape index (κ2) is 11.0. The first-order valence-electron chi connectivity index (χ1n) is 10.4. The summed E-state index contributed by atoms with van der Waals surface area (Å²) in [5.74, 6) is -1.17. The Kier molecular flexibility index (Phi) is 8.58. The molecule has 9 nitrogen and oxygen atoms in total. The highest BCUT2D eigenvalue weighted by Gasteiger charge is 2.23. The van der Waals surface area contributed by atoms with Crippen molar-refractivity contribution in [1.29, 1.82) is 0 Å². The molecule has 1 atom stereocenters. The fourth-order valence-electron chi connectivity index (χ4n) is 2.94. The van der Waals surface area contributed by atoms with Crippen molar-refractivity contribution < 1.29 is 22.8 Å². The van der Waals surface area contributed by atoms with E-state index in [0.29, 0.717) is 5.56 Å². The summed E-state index contributed by atoms with van der Waals surface area (Å²) in [6.07, 6.45) is 1.75. The molecule has 2 N–H and O–H groups in total. The first-order chi connectivity index (χ1) is 15.4. The number of anilines is 2. The third-order valence-electron chi connectivity index (χ3n) is 4.93. The van der Waals surface area contributed by atoms with Crippen molar-refractivity contribution in [1.82, 2.24) is 10.2 Å². The summed E-state index contributed by atoms with van der Waals surface area (Å²) in [5.41, 5.74) is 1.20. The van der Waals surface area contributed by atoms with Crippen LogP contribution < -0.4 is 14.9 Å². The summed E-state index contributed by atoms with van der Waals surface area (Å²) in [4.78, 5) is 38.8. The molecule has 0 saturated heterocycles. The minimum absolute atomic E-state index is 0.0377. The summed E-state index contributed by atoms with van der Waals surface area (Å²) < 4.78 is 25.7. The molecule has 2 rings (SSSR count). The maximum absolute atomic E-state index is 12.8. The van der Waals surface area contributed by atoms with Gasteiger partial charge in [-0.1, -0.05) is 19.1 Å². The number of rotatable bonds is 9. The summed E-state index contributed by atoms with van der Waals surface area (Å²) in [6.45, 7) is 3.32. The van der Waals surface area contributed by atoms with Gasteiger partial charge in [-0.3, -0.25) is 18.7 Å². The Labute approximate surface area is 194 Å². The van der Waals surface area contributed by atoms with E-state index in [0.717, 1.165) is 17.0 Å². The molecule has 2 aromatic rings. The average molecular weight is 475 g/mol. The zero-order chi connectivity index (χ0) is 24.8. The van der Waals surface area contributed by atoms with Gasteiger partial charge in [-0.2, -0.15) is 0 Å². The summed E-state index contributed by atoms with van der Waals surface area (Å²) in [6, 6.07) is 12.4. The van der Waals surface area contributed by atoms with E-state index >= 15 is 0 Å². The van der Waals surface area contributed by atoms with Gasteiger partial charge in [-0.15, -0.1) is 0 Å². The van der Waals surface area contributed by atoms with E-state index in [1.54, 1.807) is 38.4 Å². The monoisotopic (exact) mass is 474 g/mol. The highest BCUT2D eigenvalue weighted by Crippen LogP contribution is 2.20. The van der Waals surface area contributed by atoms with Gasteiger partial charge in [0, 0.05) is 25.7 Å². The van der Waals surface area contributed by atoms with Crippen LogP contribution in [-0.4, -0.2) is 64.0 Å². The number of nitrogens with one attached hydrogen (secondary N) is 2. The molecule has 33 heavy (non-hydrogen) atoms. The van der Waals surface area contributed by atoms with Gasteiger partial charge >= 0.3 is 0 Å². The van der Waals surface area contributed by atoms with Gasteiger partial charge in [0.2, 0.25) is 15.9 Å². The molecule has 178 valence electrons. The number of para-hydroxylation sites is 1. The normalized spacial score (nSPS) is 11.9. The lowest BCUT2D eigenvalue weighted by Gasteiger charge is -2.22. The van der Waals surface area contributed by atoms with Crippen molar-refractivity contribution >= 4 is 39.1 Å². The predicted octanol–water partition coefficient (Wildman–Crippen LogP) is 2.32. The highest BCUT2D eigenvalue weighted by molar-refractivity contribution is 7.92. The van der Waals surface area contributed by atoms with E-state index in [-0.39, 0.29) is 34.8 Å². The number of benzene rings is 2. The van der Waals surface area contributed by atoms with Gasteiger partial charge in [0.05, 0.1) is 23.2 Å². The molecule has 3 amide bonds. The number of carbonyl (C=O) groups excluding carboxylic acids is 3. The van der Waals surface area contributed by atoms with Crippen LogP contribution in [0.25, 0.3) is 0 Å². The van der Waals surface area contributed by atoms with Crippen LogP contribution in [0.3, 0.4) is 0 Å². The average Bonchev–Trinajstić information content (AvgIpc) is 2.76. The highest BCUT2D eigenvalue weighted by atomic mass is 32.2. The van der Waals surface area contributed by atoms with Crippen LogP contribution in [0.1, 0.15) is 41.0 Å². The van der Waals surface area contributed by atoms with Gasteiger partial charge in [0.1, 0.15) is 6.54 Å². The van der Waals surface area contributed by atoms with Crippen molar-refractivity contribution in [2.45, 2.75) is 26.3 Å². The van der Waals surface area contributed by atoms with Gasteiger partial charge < -0.3 is 15.5 Å². The number of hydrogen-bond acceptors (Lipinski definition) is 5. The van der Waals surface area contributed by atoms with Crippen LogP contribution in [-0.2, 0) is 14.8 Å². The minimum Gasteiger partial charge on any atom is -0.350 e. The molecular weight excluding hydrogens is 444 g/mol. The molecule has 1 unspecified atom stereocenters. The number of nitrogens with zero attached hydrogens (tertiary/aromatic N) is 2. The fraction of sp³-hybridized carbons (Fsp3) is 0.348. The third-order valence-corrected chi connectivity index (χ3v) is 6.07.